The zero-order valence-corrected chi connectivity index (χ0v) is 12.2. The summed E-state index contributed by atoms with van der Waals surface area (Å²) in [5, 5.41) is 0. The maximum atomic E-state index is 13.0. The molecule has 2 aromatic rings. The van der Waals surface area contributed by atoms with E-state index in [0.29, 0.717) is 12.1 Å². The number of rotatable bonds is 2. The molecule has 0 fully saturated rings. The summed E-state index contributed by atoms with van der Waals surface area (Å²) < 4.78 is 37.8. The summed E-state index contributed by atoms with van der Waals surface area (Å²) in [5.41, 5.74) is 3.24. The van der Waals surface area contributed by atoms with Gasteiger partial charge >= 0.3 is 0 Å². The van der Waals surface area contributed by atoms with E-state index >= 15 is 0 Å². The molecule has 0 aliphatic carbocycles. The molecule has 1 heterocycles. The van der Waals surface area contributed by atoms with Gasteiger partial charge in [0.1, 0.15) is 5.82 Å². The van der Waals surface area contributed by atoms with Gasteiger partial charge in [-0.2, -0.15) is 0 Å². The summed E-state index contributed by atoms with van der Waals surface area (Å²) in [5.74, 6) is -0.269. The molecular weight excluding hydrogens is 293 g/mol. The van der Waals surface area contributed by atoms with Gasteiger partial charge in [-0.15, -0.1) is 4.47 Å². The van der Waals surface area contributed by atoms with Crippen molar-refractivity contribution in [2.75, 3.05) is 17.3 Å². The van der Waals surface area contributed by atoms with Crippen LogP contribution in [0, 0.1) is 5.82 Å². The highest BCUT2D eigenvalue weighted by Gasteiger charge is 2.30. The van der Waals surface area contributed by atoms with Crippen molar-refractivity contribution in [2.24, 2.45) is 0 Å². The lowest BCUT2D eigenvalue weighted by Gasteiger charge is -2.28. The minimum atomic E-state index is -3.41. The average molecular weight is 307 g/mol. The van der Waals surface area contributed by atoms with E-state index in [2.05, 4.69) is 0 Å². The zero-order valence-electron chi connectivity index (χ0n) is 11.4. The van der Waals surface area contributed by atoms with Crippen molar-refractivity contribution in [3.05, 3.63) is 53.8 Å². The van der Waals surface area contributed by atoms with Crippen LogP contribution >= 0.6 is 0 Å². The van der Waals surface area contributed by atoms with Crippen LogP contribution in [0.3, 0.4) is 0 Å². The lowest BCUT2D eigenvalue weighted by Crippen LogP contribution is -2.36. The average Bonchev–Trinajstić information content (AvgIpc) is 2.47. The van der Waals surface area contributed by atoms with E-state index in [1.165, 1.54) is 19.2 Å². The third kappa shape index (κ3) is 2.52. The van der Waals surface area contributed by atoms with Crippen LogP contribution in [0.5, 0.6) is 0 Å². The molecule has 0 aromatic heterocycles. The number of benzene rings is 2. The molecule has 3 rings (SSSR count). The SMILES string of the molecule is CON1c2ccc(-c3ccc(F)cc3)cc2CCS1(=O)=O. The van der Waals surface area contributed by atoms with Crippen LogP contribution in [-0.4, -0.2) is 21.3 Å². The second kappa shape index (κ2) is 5.13. The second-order valence-corrected chi connectivity index (χ2v) is 6.73. The molecule has 0 amide bonds. The number of hydrogen-bond acceptors (Lipinski definition) is 3. The first-order valence-corrected chi connectivity index (χ1v) is 8.08. The van der Waals surface area contributed by atoms with Gasteiger partial charge in [0.25, 0.3) is 10.0 Å². The van der Waals surface area contributed by atoms with E-state index < -0.39 is 10.0 Å². The van der Waals surface area contributed by atoms with E-state index in [-0.39, 0.29) is 11.6 Å². The van der Waals surface area contributed by atoms with Crippen LogP contribution in [0.15, 0.2) is 42.5 Å². The van der Waals surface area contributed by atoms with Crippen molar-refractivity contribution in [1.82, 2.24) is 0 Å². The molecule has 0 bridgehead atoms. The Morgan fingerprint density at radius 3 is 2.43 bits per heavy atom. The highest BCUT2D eigenvalue weighted by molar-refractivity contribution is 7.92. The molecule has 2 aromatic carbocycles. The van der Waals surface area contributed by atoms with Gasteiger partial charge in [-0.3, -0.25) is 4.84 Å². The van der Waals surface area contributed by atoms with Gasteiger partial charge in [0.05, 0.1) is 18.6 Å². The fourth-order valence-electron chi connectivity index (χ4n) is 2.47. The minimum absolute atomic E-state index is 0.0146. The van der Waals surface area contributed by atoms with Gasteiger partial charge in [0.15, 0.2) is 0 Å². The Kier molecular flexibility index (Phi) is 3.43. The largest absolute Gasteiger partial charge is 0.262 e. The quantitative estimate of drug-likeness (QED) is 0.857. The molecule has 1 aliphatic heterocycles. The Balaban J connectivity index is 2.05. The molecule has 0 N–H and O–H groups in total. The van der Waals surface area contributed by atoms with Crippen LogP contribution in [-0.2, 0) is 21.3 Å². The molecule has 0 atom stereocenters. The maximum absolute atomic E-state index is 13.0. The smallest absolute Gasteiger partial charge is 0.257 e. The lowest BCUT2D eigenvalue weighted by atomic mass is 10.0. The number of sulfonamides is 1. The highest BCUT2D eigenvalue weighted by Crippen LogP contribution is 2.33. The second-order valence-electron chi connectivity index (χ2n) is 4.83. The Bertz CT molecular complexity index is 772. The van der Waals surface area contributed by atoms with Crippen molar-refractivity contribution in [2.45, 2.75) is 6.42 Å². The summed E-state index contributed by atoms with van der Waals surface area (Å²) in [6.07, 6.45) is 0.437. The molecule has 0 radical (unpaired) electrons. The van der Waals surface area contributed by atoms with E-state index in [1.807, 2.05) is 6.07 Å². The number of aryl methyl sites for hydroxylation is 1. The molecule has 0 saturated heterocycles. The predicted octanol–water partition coefficient (Wildman–Crippen LogP) is 2.75. The molecule has 0 unspecified atom stereocenters. The monoisotopic (exact) mass is 307 g/mol. The number of fused-ring (bicyclic) bond motifs is 1. The number of hydrogen-bond donors (Lipinski definition) is 0. The molecule has 6 heteroatoms. The molecular formula is C15H14FNO3S. The minimum Gasteiger partial charge on any atom is -0.262 e. The molecule has 21 heavy (non-hydrogen) atoms. The van der Waals surface area contributed by atoms with Gasteiger partial charge in [0, 0.05) is 0 Å². The first-order chi connectivity index (χ1) is 10.0. The van der Waals surface area contributed by atoms with Crippen LogP contribution in [0.4, 0.5) is 10.1 Å². The van der Waals surface area contributed by atoms with E-state index in [0.717, 1.165) is 21.2 Å². The Labute approximate surface area is 122 Å². The molecule has 0 spiro atoms. The summed E-state index contributed by atoms with van der Waals surface area (Å²) in [6, 6.07) is 11.6. The van der Waals surface area contributed by atoms with Gasteiger partial charge in [-0.25, -0.2) is 12.8 Å². The van der Waals surface area contributed by atoms with Gasteiger partial charge in [-0.05, 0) is 47.4 Å². The van der Waals surface area contributed by atoms with E-state index in [1.54, 1.807) is 24.3 Å². The van der Waals surface area contributed by atoms with Crippen molar-refractivity contribution in [1.29, 1.82) is 0 Å². The Morgan fingerprint density at radius 1 is 1.10 bits per heavy atom. The summed E-state index contributed by atoms with van der Waals surface area (Å²) in [4.78, 5) is 4.99. The molecule has 4 nitrogen and oxygen atoms in total. The Hall–Kier alpha value is -1.92. The number of halogens is 1. The number of anilines is 1. The normalized spacial score (nSPS) is 16.6. The third-order valence-electron chi connectivity index (χ3n) is 3.50. The zero-order chi connectivity index (χ0) is 15.0. The van der Waals surface area contributed by atoms with Crippen molar-refractivity contribution in [3.63, 3.8) is 0 Å². The maximum Gasteiger partial charge on any atom is 0.257 e. The molecule has 1 aliphatic rings. The predicted molar refractivity (Wildman–Crippen MR) is 78.8 cm³/mol. The van der Waals surface area contributed by atoms with Crippen LogP contribution in [0.1, 0.15) is 5.56 Å². The molecule has 110 valence electrons. The van der Waals surface area contributed by atoms with Gasteiger partial charge < -0.3 is 0 Å². The van der Waals surface area contributed by atoms with E-state index in [4.69, 9.17) is 4.84 Å². The summed E-state index contributed by atoms with van der Waals surface area (Å²) in [6.45, 7) is 0. The Morgan fingerprint density at radius 2 is 1.76 bits per heavy atom. The first-order valence-electron chi connectivity index (χ1n) is 6.47. The standard InChI is InChI=1S/C15H14FNO3S/c1-20-17-15-7-4-12(11-2-5-14(16)6-3-11)10-13(15)8-9-21(17,18)19/h2-7,10H,8-9H2,1H3. The van der Waals surface area contributed by atoms with Gasteiger partial charge in [0.2, 0.25) is 0 Å². The third-order valence-corrected chi connectivity index (χ3v) is 5.07. The van der Waals surface area contributed by atoms with Gasteiger partial charge in [-0.1, -0.05) is 18.2 Å². The topological polar surface area (TPSA) is 46.6 Å². The van der Waals surface area contributed by atoms with Crippen molar-refractivity contribution in [3.8, 4) is 11.1 Å². The van der Waals surface area contributed by atoms with Crippen LogP contribution < -0.4 is 4.47 Å². The fraction of sp³-hybridized carbons (Fsp3) is 0.200. The first kappa shape index (κ1) is 14.0. The summed E-state index contributed by atoms with van der Waals surface area (Å²) in [7, 11) is -2.07. The van der Waals surface area contributed by atoms with Crippen molar-refractivity contribution >= 4 is 15.7 Å². The number of nitrogens with zero attached hydrogens (tertiary/aromatic N) is 1. The molecule has 0 saturated carbocycles. The van der Waals surface area contributed by atoms with Crippen molar-refractivity contribution < 1.29 is 17.6 Å². The van der Waals surface area contributed by atoms with Crippen LogP contribution in [0.25, 0.3) is 11.1 Å². The van der Waals surface area contributed by atoms with E-state index in [9.17, 15) is 12.8 Å². The summed E-state index contributed by atoms with van der Waals surface area (Å²) >= 11 is 0. The highest BCUT2D eigenvalue weighted by atomic mass is 32.2. The fourth-order valence-corrected chi connectivity index (χ4v) is 3.82. The lowest BCUT2D eigenvalue weighted by molar-refractivity contribution is 0.214. The van der Waals surface area contributed by atoms with Crippen LogP contribution in [0.2, 0.25) is 0 Å².